The summed E-state index contributed by atoms with van der Waals surface area (Å²) in [6.07, 6.45) is 0. The van der Waals surface area contributed by atoms with Gasteiger partial charge in [0.25, 0.3) is 5.91 Å². The van der Waals surface area contributed by atoms with E-state index in [0.717, 1.165) is 5.56 Å². The Kier molecular flexibility index (Phi) is 4.36. The van der Waals surface area contributed by atoms with Crippen molar-refractivity contribution in [2.75, 3.05) is 5.32 Å². The van der Waals surface area contributed by atoms with Gasteiger partial charge in [-0.05, 0) is 25.5 Å². The van der Waals surface area contributed by atoms with E-state index in [-0.39, 0.29) is 5.91 Å². The molecular formula is C13H12ClN3O2S. The first-order valence-corrected chi connectivity index (χ1v) is 6.99. The third kappa shape index (κ3) is 2.97. The van der Waals surface area contributed by atoms with Gasteiger partial charge in [-0.25, -0.2) is 4.98 Å². The number of benzene rings is 1. The van der Waals surface area contributed by atoms with Gasteiger partial charge >= 0.3 is 0 Å². The first kappa shape index (κ1) is 14.5. The van der Waals surface area contributed by atoms with Gasteiger partial charge in [0, 0.05) is 5.38 Å². The highest BCUT2D eigenvalue weighted by molar-refractivity contribution is 7.14. The van der Waals surface area contributed by atoms with Crippen molar-refractivity contribution in [3.8, 4) is 0 Å². The maximum absolute atomic E-state index is 12.1. The van der Waals surface area contributed by atoms with Crippen LogP contribution >= 0.6 is 22.9 Å². The fourth-order valence-electron chi connectivity index (χ4n) is 1.54. The lowest BCUT2D eigenvalue weighted by Gasteiger charge is -2.05. The van der Waals surface area contributed by atoms with Crippen LogP contribution in [0.2, 0.25) is 5.02 Å². The van der Waals surface area contributed by atoms with Gasteiger partial charge in [0.05, 0.1) is 10.6 Å². The Morgan fingerprint density at radius 3 is 2.95 bits per heavy atom. The molecule has 2 aromatic rings. The average molecular weight is 310 g/mol. The maximum Gasteiger partial charge on any atom is 0.258 e. The Hall–Kier alpha value is -1.92. The molecule has 1 heterocycles. The fourth-order valence-corrected chi connectivity index (χ4v) is 2.50. The van der Waals surface area contributed by atoms with Crippen molar-refractivity contribution in [2.45, 2.75) is 13.8 Å². The highest BCUT2D eigenvalue weighted by Crippen LogP contribution is 2.22. The van der Waals surface area contributed by atoms with Crippen molar-refractivity contribution in [1.29, 1.82) is 0 Å². The normalized spacial score (nSPS) is 11.4. The molecule has 0 bridgehead atoms. The predicted octanol–water partition coefficient (Wildman–Crippen LogP) is 3.56. The summed E-state index contributed by atoms with van der Waals surface area (Å²) in [7, 11) is 0. The van der Waals surface area contributed by atoms with Crippen LogP contribution in [0.5, 0.6) is 0 Å². The van der Waals surface area contributed by atoms with Crippen LogP contribution in [-0.4, -0.2) is 21.8 Å². The summed E-state index contributed by atoms with van der Waals surface area (Å²) in [6, 6.07) is 5.26. The van der Waals surface area contributed by atoms with E-state index in [9.17, 15) is 4.79 Å². The van der Waals surface area contributed by atoms with E-state index >= 15 is 0 Å². The number of hydrogen-bond donors (Lipinski definition) is 2. The number of anilines is 1. The van der Waals surface area contributed by atoms with Crippen LogP contribution < -0.4 is 5.32 Å². The van der Waals surface area contributed by atoms with E-state index in [1.807, 2.05) is 13.0 Å². The summed E-state index contributed by atoms with van der Waals surface area (Å²) in [5.41, 5.74) is 2.14. The van der Waals surface area contributed by atoms with Gasteiger partial charge in [-0.2, -0.15) is 0 Å². The van der Waals surface area contributed by atoms with Crippen LogP contribution in [0.3, 0.4) is 0 Å². The van der Waals surface area contributed by atoms with Crippen molar-refractivity contribution in [1.82, 2.24) is 4.98 Å². The molecule has 7 heteroatoms. The monoisotopic (exact) mass is 309 g/mol. The van der Waals surface area contributed by atoms with Crippen LogP contribution in [0.15, 0.2) is 28.7 Å². The molecule has 0 saturated carbocycles. The Morgan fingerprint density at radius 2 is 2.25 bits per heavy atom. The van der Waals surface area contributed by atoms with Gasteiger partial charge in [0.1, 0.15) is 11.4 Å². The first-order chi connectivity index (χ1) is 9.52. The van der Waals surface area contributed by atoms with Crippen LogP contribution in [-0.2, 0) is 0 Å². The van der Waals surface area contributed by atoms with Crippen LogP contribution in [0, 0.1) is 6.92 Å². The number of halogens is 1. The van der Waals surface area contributed by atoms with E-state index < -0.39 is 0 Å². The van der Waals surface area contributed by atoms with E-state index in [2.05, 4.69) is 15.5 Å². The number of hydrogen-bond acceptors (Lipinski definition) is 5. The van der Waals surface area contributed by atoms with E-state index in [4.69, 9.17) is 16.8 Å². The van der Waals surface area contributed by atoms with Crippen molar-refractivity contribution < 1.29 is 10.0 Å². The van der Waals surface area contributed by atoms with Gasteiger partial charge in [0.2, 0.25) is 0 Å². The summed E-state index contributed by atoms with van der Waals surface area (Å²) in [5, 5.41) is 17.0. The summed E-state index contributed by atoms with van der Waals surface area (Å²) in [4.78, 5) is 16.3. The molecule has 2 N–H and O–H groups in total. The molecule has 1 amide bonds. The summed E-state index contributed by atoms with van der Waals surface area (Å²) >= 11 is 7.35. The number of amides is 1. The third-order valence-electron chi connectivity index (χ3n) is 2.68. The molecule has 5 nitrogen and oxygen atoms in total. The molecule has 0 aliphatic heterocycles. The maximum atomic E-state index is 12.1. The molecule has 20 heavy (non-hydrogen) atoms. The second kappa shape index (κ2) is 6.02. The highest BCUT2D eigenvalue weighted by atomic mass is 35.5. The third-order valence-corrected chi connectivity index (χ3v) is 3.94. The van der Waals surface area contributed by atoms with Crippen LogP contribution in [0.4, 0.5) is 5.13 Å². The predicted molar refractivity (Wildman–Crippen MR) is 80.3 cm³/mol. The molecule has 0 aliphatic rings. The number of nitrogens with zero attached hydrogens (tertiary/aromatic N) is 2. The van der Waals surface area contributed by atoms with Gasteiger partial charge in [-0.15, -0.1) is 11.3 Å². The number of thiazole rings is 1. The Morgan fingerprint density at radius 1 is 1.50 bits per heavy atom. The summed E-state index contributed by atoms with van der Waals surface area (Å²) in [5.74, 6) is -0.321. The molecule has 1 aromatic heterocycles. The Labute approximate surface area is 124 Å². The molecule has 1 aromatic carbocycles. The van der Waals surface area contributed by atoms with Gasteiger partial charge < -0.3 is 5.21 Å². The quantitative estimate of drug-likeness (QED) is 0.517. The Balaban J connectivity index is 2.20. The van der Waals surface area contributed by atoms with Crippen molar-refractivity contribution in [3.05, 3.63) is 45.4 Å². The average Bonchev–Trinajstić information content (AvgIpc) is 2.89. The Bertz CT molecular complexity index is 682. The molecule has 0 atom stereocenters. The van der Waals surface area contributed by atoms with Crippen molar-refractivity contribution in [2.24, 2.45) is 5.16 Å². The molecule has 0 radical (unpaired) electrons. The van der Waals surface area contributed by atoms with Gasteiger partial charge in [0.15, 0.2) is 5.13 Å². The second-order valence-electron chi connectivity index (χ2n) is 4.11. The lowest BCUT2D eigenvalue weighted by molar-refractivity contribution is 0.102. The zero-order valence-corrected chi connectivity index (χ0v) is 12.4. The summed E-state index contributed by atoms with van der Waals surface area (Å²) in [6.45, 7) is 3.46. The lowest BCUT2D eigenvalue weighted by Crippen LogP contribution is -2.13. The number of aromatic nitrogens is 1. The fraction of sp³-hybridized carbons (Fsp3) is 0.154. The number of nitrogens with one attached hydrogen (secondary N) is 1. The molecular weight excluding hydrogens is 298 g/mol. The van der Waals surface area contributed by atoms with Crippen molar-refractivity contribution in [3.63, 3.8) is 0 Å². The topological polar surface area (TPSA) is 74.6 Å². The molecule has 0 aliphatic carbocycles. The smallest absolute Gasteiger partial charge is 0.258 e. The minimum absolute atomic E-state index is 0.321. The largest absolute Gasteiger partial charge is 0.411 e. The molecule has 0 fully saturated rings. The van der Waals surface area contributed by atoms with E-state index in [1.54, 1.807) is 24.4 Å². The number of carbonyl (C=O) groups excluding carboxylic acids is 1. The molecule has 104 valence electrons. The van der Waals surface area contributed by atoms with Gasteiger partial charge in [-0.1, -0.05) is 28.9 Å². The summed E-state index contributed by atoms with van der Waals surface area (Å²) < 4.78 is 0. The molecule has 0 unspecified atom stereocenters. The van der Waals surface area contributed by atoms with E-state index in [1.165, 1.54) is 11.3 Å². The zero-order valence-electron chi connectivity index (χ0n) is 10.8. The second-order valence-corrected chi connectivity index (χ2v) is 5.35. The molecule has 0 spiro atoms. The standard InChI is InChI=1S/C13H12ClN3O2S/c1-7-4-3-5-9(11(7)14)12(18)16-13-15-10(6-20-13)8(2)17-19/h3-6,19H,1-2H3,(H,15,16,18)/b17-8-. The van der Waals surface area contributed by atoms with Crippen molar-refractivity contribution >= 4 is 39.7 Å². The minimum Gasteiger partial charge on any atom is -0.411 e. The molecule has 0 saturated heterocycles. The van der Waals surface area contributed by atoms with Crippen LogP contribution in [0.25, 0.3) is 0 Å². The number of oxime groups is 1. The zero-order chi connectivity index (χ0) is 14.7. The number of aryl methyl sites for hydroxylation is 1. The first-order valence-electron chi connectivity index (χ1n) is 5.74. The molecule has 2 rings (SSSR count). The number of rotatable bonds is 3. The lowest BCUT2D eigenvalue weighted by atomic mass is 10.1. The minimum atomic E-state index is -0.321. The number of carbonyl (C=O) groups is 1. The van der Waals surface area contributed by atoms with E-state index in [0.29, 0.717) is 27.1 Å². The van der Waals surface area contributed by atoms with Crippen LogP contribution in [0.1, 0.15) is 28.5 Å². The SMILES string of the molecule is C/C(=N/O)c1csc(NC(=O)c2cccc(C)c2Cl)n1. The van der Waals surface area contributed by atoms with Gasteiger partial charge in [-0.3, -0.25) is 10.1 Å². The highest BCUT2D eigenvalue weighted by Gasteiger charge is 2.14.